The van der Waals surface area contributed by atoms with Crippen LogP contribution in [0.25, 0.3) is 10.8 Å². The number of unbranched alkanes of at least 4 members (excludes halogenated alkanes) is 2. The molecular formula is C25H33F. The molecule has 2 aliphatic rings. The monoisotopic (exact) mass is 352 g/mol. The van der Waals surface area contributed by atoms with Gasteiger partial charge in [0.15, 0.2) is 0 Å². The van der Waals surface area contributed by atoms with Crippen molar-refractivity contribution in [2.24, 2.45) is 17.8 Å². The molecule has 4 rings (SSSR count). The van der Waals surface area contributed by atoms with Gasteiger partial charge in [-0.05, 0) is 78.9 Å². The predicted molar refractivity (Wildman–Crippen MR) is 109 cm³/mol. The highest BCUT2D eigenvalue weighted by molar-refractivity contribution is 5.83. The first-order chi connectivity index (χ1) is 12.7. The van der Waals surface area contributed by atoms with Gasteiger partial charge >= 0.3 is 0 Å². The van der Waals surface area contributed by atoms with Crippen molar-refractivity contribution >= 4 is 10.8 Å². The van der Waals surface area contributed by atoms with Gasteiger partial charge in [0.05, 0.1) is 0 Å². The summed E-state index contributed by atoms with van der Waals surface area (Å²) in [5, 5.41) is 1.82. The lowest BCUT2D eigenvalue weighted by molar-refractivity contribution is 0.113. The second kappa shape index (κ2) is 8.11. The quantitative estimate of drug-likeness (QED) is 0.480. The molecule has 2 aliphatic carbocycles. The third-order valence-electron chi connectivity index (χ3n) is 7.26. The molecule has 1 heteroatoms. The maximum Gasteiger partial charge on any atom is 0.131 e. The fourth-order valence-corrected chi connectivity index (χ4v) is 5.74. The number of halogens is 1. The van der Waals surface area contributed by atoms with Gasteiger partial charge in [-0.3, -0.25) is 0 Å². The van der Waals surface area contributed by atoms with E-state index in [2.05, 4.69) is 25.1 Å². The van der Waals surface area contributed by atoms with Crippen molar-refractivity contribution in [2.75, 3.05) is 0 Å². The van der Waals surface area contributed by atoms with E-state index in [0.717, 1.165) is 28.5 Å². The zero-order chi connectivity index (χ0) is 17.9. The van der Waals surface area contributed by atoms with Crippen LogP contribution in [0.2, 0.25) is 0 Å². The molecule has 4 atom stereocenters. The summed E-state index contributed by atoms with van der Waals surface area (Å²) in [6.07, 6.45) is 14.0. The lowest BCUT2D eigenvalue weighted by atomic mass is 9.63. The van der Waals surface area contributed by atoms with E-state index in [4.69, 9.17) is 0 Å². The van der Waals surface area contributed by atoms with E-state index in [-0.39, 0.29) is 5.82 Å². The Balaban J connectivity index is 1.41. The van der Waals surface area contributed by atoms with Gasteiger partial charge in [0.25, 0.3) is 0 Å². The first-order valence-electron chi connectivity index (χ1n) is 10.9. The largest absolute Gasteiger partial charge is 0.206 e. The molecular weight excluding hydrogens is 319 g/mol. The molecule has 2 fully saturated rings. The van der Waals surface area contributed by atoms with E-state index in [0.29, 0.717) is 5.92 Å². The zero-order valence-electron chi connectivity index (χ0n) is 16.2. The fraction of sp³-hybridized carbons (Fsp3) is 0.600. The van der Waals surface area contributed by atoms with Crippen LogP contribution in [0, 0.1) is 23.6 Å². The third-order valence-corrected chi connectivity index (χ3v) is 7.26. The van der Waals surface area contributed by atoms with E-state index in [9.17, 15) is 4.39 Å². The second-order valence-corrected chi connectivity index (χ2v) is 8.93. The Kier molecular flexibility index (Phi) is 5.62. The minimum atomic E-state index is -0.0781. The van der Waals surface area contributed by atoms with Crippen molar-refractivity contribution in [1.29, 1.82) is 0 Å². The first-order valence-corrected chi connectivity index (χ1v) is 10.9. The van der Waals surface area contributed by atoms with Gasteiger partial charge in [-0.1, -0.05) is 63.3 Å². The van der Waals surface area contributed by atoms with Gasteiger partial charge in [0.2, 0.25) is 0 Å². The second-order valence-electron chi connectivity index (χ2n) is 8.93. The van der Waals surface area contributed by atoms with E-state index in [1.54, 1.807) is 6.07 Å². The van der Waals surface area contributed by atoms with E-state index >= 15 is 0 Å². The number of benzene rings is 2. The molecule has 0 bridgehead atoms. The Bertz CT molecular complexity index is 734. The molecule has 0 heterocycles. The summed E-state index contributed by atoms with van der Waals surface area (Å²) in [6.45, 7) is 2.30. The summed E-state index contributed by atoms with van der Waals surface area (Å²) in [4.78, 5) is 0. The number of hydrogen-bond acceptors (Lipinski definition) is 0. The van der Waals surface area contributed by atoms with Gasteiger partial charge in [0.1, 0.15) is 5.82 Å². The van der Waals surface area contributed by atoms with Gasteiger partial charge < -0.3 is 0 Å². The third kappa shape index (κ3) is 3.82. The molecule has 0 aliphatic heterocycles. The van der Waals surface area contributed by atoms with Crippen molar-refractivity contribution < 1.29 is 4.39 Å². The molecule has 0 radical (unpaired) electrons. The molecule has 0 saturated heterocycles. The molecule has 0 amide bonds. The Labute approximate surface area is 158 Å². The molecule has 0 nitrogen and oxygen atoms in total. The van der Waals surface area contributed by atoms with Crippen LogP contribution in [0.3, 0.4) is 0 Å². The van der Waals surface area contributed by atoms with Crippen molar-refractivity contribution in [3.8, 4) is 0 Å². The van der Waals surface area contributed by atoms with Crippen molar-refractivity contribution in [1.82, 2.24) is 0 Å². The highest BCUT2D eigenvalue weighted by Crippen LogP contribution is 2.48. The lowest BCUT2D eigenvalue weighted by Crippen LogP contribution is -2.30. The normalized spacial score (nSPS) is 28.8. The van der Waals surface area contributed by atoms with Crippen LogP contribution in [-0.4, -0.2) is 0 Å². The molecule has 2 saturated carbocycles. The minimum absolute atomic E-state index is 0.0781. The molecule has 0 N–H and O–H groups in total. The average Bonchev–Trinajstić information content (AvgIpc) is 2.68. The number of rotatable bonds is 5. The van der Waals surface area contributed by atoms with Crippen LogP contribution in [0.5, 0.6) is 0 Å². The maximum absolute atomic E-state index is 14.2. The lowest BCUT2D eigenvalue weighted by Gasteiger charge is -2.42. The van der Waals surface area contributed by atoms with E-state index < -0.39 is 0 Å². The zero-order valence-corrected chi connectivity index (χ0v) is 16.2. The topological polar surface area (TPSA) is 0 Å². The predicted octanol–water partition coefficient (Wildman–Crippen LogP) is 7.86. The number of hydrogen-bond donors (Lipinski definition) is 0. The van der Waals surface area contributed by atoms with Gasteiger partial charge in [-0.2, -0.15) is 0 Å². The van der Waals surface area contributed by atoms with E-state index in [1.807, 2.05) is 12.1 Å². The maximum atomic E-state index is 14.2. The highest BCUT2D eigenvalue weighted by atomic mass is 19.1. The van der Waals surface area contributed by atoms with Crippen molar-refractivity contribution in [2.45, 2.75) is 77.0 Å². The summed E-state index contributed by atoms with van der Waals surface area (Å²) < 4.78 is 14.2. The molecule has 140 valence electrons. The Morgan fingerprint density at radius 1 is 0.923 bits per heavy atom. The van der Waals surface area contributed by atoms with Crippen LogP contribution in [-0.2, 0) is 0 Å². The summed E-state index contributed by atoms with van der Waals surface area (Å²) in [7, 11) is 0. The van der Waals surface area contributed by atoms with Crippen LogP contribution in [0.1, 0.15) is 82.6 Å². The Morgan fingerprint density at radius 3 is 2.65 bits per heavy atom. The van der Waals surface area contributed by atoms with Crippen molar-refractivity contribution in [3.05, 3.63) is 47.8 Å². The molecule has 2 aromatic rings. The minimum Gasteiger partial charge on any atom is -0.206 e. The van der Waals surface area contributed by atoms with Crippen molar-refractivity contribution in [3.63, 3.8) is 0 Å². The summed E-state index contributed by atoms with van der Waals surface area (Å²) in [5.41, 5.74) is 1.37. The highest BCUT2D eigenvalue weighted by Gasteiger charge is 2.35. The molecule has 26 heavy (non-hydrogen) atoms. The van der Waals surface area contributed by atoms with Crippen LogP contribution >= 0.6 is 0 Å². The average molecular weight is 353 g/mol. The fourth-order valence-electron chi connectivity index (χ4n) is 5.74. The van der Waals surface area contributed by atoms with Crippen LogP contribution in [0.4, 0.5) is 4.39 Å². The molecule has 0 spiro atoms. The van der Waals surface area contributed by atoms with Gasteiger partial charge in [-0.15, -0.1) is 0 Å². The van der Waals surface area contributed by atoms with Gasteiger partial charge in [-0.25, -0.2) is 4.39 Å². The summed E-state index contributed by atoms with van der Waals surface area (Å²) in [6, 6.07) is 11.9. The smallest absolute Gasteiger partial charge is 0.131 e. The van der Waals surface area contributed by atoms with Crippen LogP contribution in [0.15, 0.2) is 36.4 Å². The summed E-state index contributed by atoms with van der Waals surface area (Å²) in [5.74, 6) is 3.42. The Morgan fingerprint density at radius 2 is 1.77 bits per heavy atom. The molecule has 0 aromatic heterocycles. The van der Waals surface area contributed by atoms with E-state index in [1.165, 1.54) is 69.8 Å². The number of fused-ring (bicyclic) bond motifs is 2. The molecule has 2 aromatic carbocycles. The SMILES string of the molecule is CCCCCC1CCC2CC(c3ccc4cccc(F)c4c3)CCC2C1. The van der Waals surface area contributed by atoms with Crippen LogP contribution < -0.4 is 0 Å². The van der Waals surface area contributed by atoms with Gasteiger partial charge in [0, 0.05) is 5.39 Å². The standard InChI is InChI=1S/C25H33F/c1-2-3-4-6-18-9-10-21-16-22(14-13-20(21)15-18)23-12-11-19-7-5-8-25(26)24(19)17-23/h5,7-8,11-12,17-18,20-22H,2-4,6,9-10,13-16H2,1H3. The molecule has 4 unspecified atom stereocenters. The Hall–Kier alpha value is -1.37. The first kappa shape index (κ1) is 18.0. The summed E-state index contributed by atoms with van der Waals surface area (Å²) >= 11 is 0.